The van der Waals surface area contributed by atoms with Crippen LogP contribution in [0, 0.1) is 16.7 Å². The van der Waals surface area contributed by atoms with Crippen LogP contribution in [0.3, 0.4) is 0 Å². The summed E-state index contributed by atoms with van der Waals surface area (Å²) in [6, 6.07) is 0. The third kappa shape index (κ3) is 2.84. The summed E-state index contributed by atoms with van der Waals surface area (Å²) < 4.78 is 12.5. The third-order valence-electron chi connectivity index (χ3n) is 5.79. The molecule has 2 fully saturated rings. The molecule has 0 saturated heterocycles. The molecule has 3 nitrogen and oxygen atoms in total. The second-order valence-corrected chi connectivity index (χ2v) is 9.91. The Kier molecular flexibility index (Phi) is 4.41. The van der Waals surface area contributed by atoms with Crippen molar-refractivity contribution >= 4 is 10.8 Å². The fourth-order valence-electron chi connectivity index (χ4n) is 4.28. The predicted molar refractivity (Wildman–Crippen MR) is 85.2 cm³/mol. The fourth-order valence-corrected chi connectivity index (χ4v) is 6.04. The molecule has 4 heteroatoms. The van der Waals surface area contributed by atoms with Crippen LogP contribution in [-0.4, -0.2) is 39.0 Å². The van der Waals surface area contributed by atoms with Gasteiger partial charge in [-0.25, -0.2) is 0 Å². The average Bonchev–Trinajstić information content (AvgIpc) is 2.61. The van der Waals surface area contributed by atoms with Crippen LogP contribution in [0.2, 0.25) is 0 Å². The van der Waals surface area contributed by atoms with E-state index in [1.54, 1.807) is 0 Å². The first kappa shape index (κ1) is 16.4. The molecule has 2 aliphatic rings. The minimum atomic E-state index is -0.847. The van der Waals surface area contributed by atoms with Crippen molar-refractivity contribution in [2.45, 2.75) is 65.5 Å². The predicted octanol–water partition coefficient (Wildman–Crippen LogP) is 2.31. The topological polar surface area (TPSA) is 49.3 Å². The molecular weight excluding hydrogens is 270 g/mol. The molecule has 1 unspecified atom stereocenters. The number of hydrogen-bond acceptors (Lipinski definition) is 3. The molecule has 0 aromatic carbocycles. The van der Waals surface area contributed by atoms with Crippen LogP contribution in [0.4, 0.5) is 0 Å². The Morgan fingerprint density at radius 3 is 2.45 bits per heavy atom. The fraction of sp³-hybridized carbons (Fsp3) is 1.00. The zero-order valence-corrected chi connectivity index (χ0v) is 14.5. The zero-order valence-electron chi connectivity index (χ0n) is 13.7. The summed E-state index contributed by atoms with van der Waals surface area (Å²) in [5, 5.41) is 13.9. The zero-order chi connectivity index (χ0) is 15.2. The van der Waals surface area contributed by atoms with E-state index in [-0.39, 0.29) is 22.5 Å². The molecule has 2 N–H and O–H groups in total. The normalized spacial score (nSPS) is 37.3. The summed E-state index contributed by atoms with van der Waals surface area (Å²) in [7, 11) is -0.847. The van der Waals surface area contributed by atoms with Gasteiger partial charge in [0.2, 0.25) is 0 Å². The van der Waals surface area contributed by atoms with E-state index in [0.29, 0.717) is 17.4 Å². The summed E-state index contributed by atoms with van der Waals surface area (Å²) in [5.41, 5.74) is 0.108. The highest BCUT2D eigenvalue weighted by molar-refractivity contribution is 7.85. The molecule has 0 radical (unpaired) electrons. The molecule has 2 aliphatic carbocycles. The highest BCUT2D eigenvalue weighted by atomic mass is 32.2. The largest absolute Gasteiger partial charge is 0.392 e. The van der Waals surface area contributed by atoms with Gasteiger partial charge in [-0.1, -0.05) is 13.8 Å². The quantitative estimate of drug-likeness (QED) is 0.819. The van der Waals surface area contributed by atoms with Gasteiger partial charge in [0.15, 0.2) is 0 Å². The van der Waals surface area contributed by atoms with Gasteiger partial charge in [0, 0.05) is 39.8 Å². The highest BCUT2D eigenvalue weighted by Gasteiger charge is 2.63. The maximum Gasteiger partial charge on any atom is 0.0613 e. The Morgan fingerprint density at radius 1 is 1.35 bits per heavy atom. The SMILES string of the molecule is CC(C)(C)NCCS(=O)C[C@]12CC[C@H](C[C@H]1O)C2(C)C. The van der Waals surface area contributed by atoms with Crippen molar-refractivity contribution in [3.63, 3.8) is 0 Å². The number of rotatable bonds is 5. The lowest BCUT2D eigenvalue weighted by Crippen LogP contribution is -2.44. The van der Waals surface area contributed by atoms with Crippen molar-refractivity contribution in [1.29, 1.82) is 0 Å². The maximum atomic E-state index is 12.5. The molecule has 0 spiro atoms. The monoisotopic (exact) mass is 301 g/mol. The third-order valence-corrected chi connectivity index (χ3v) is 7.29. The van der Waals surface area contributed by atoms with Crippen molar-refractivity contribution in [2.75, 3.05) is 18.1 Å². The molecule has 0 heterocycles. The second-order valence-electron chi connectivity index (χ2n) is 8.33. The number of nitrogens with one attached hydrogen (secondary N) is 1. The molecule has 0 aliphatic heterocycles. The number of hydrogen-bond donors (Lipinski definition) is 2. The Labute approximate surface area is 126 Å². The van der Waals surface area contributed by atoms with Gasteiger partial charge in [-0.05, 0) is 51.4 Å². The molecule has 118 valence electrons. The molecule has 0 aromatic heterocycles. The van der Waals surface area contributed by atoms with E-state index in [9.17, 15) is 9.32 Å². The Morgan fingerprint density at radius 2 is 2.00 bits per heavy atom. The molecule has 0 amide bonds. The van der Waals surface area contributed by atoms with E-state index in [1.165, 1.54) is 6.42 Å². The van der Waals surface area contributed by atoms with E-state index in [2.05, 4.69) is 39.9 Å². The maximum absolute atomic E-state index is 12.5. The van der Waals surface area contributed by atoms with Crippen LogP contribution in [0.15, 0.2) is 0 Å². The van der Waals surface area contributed by atoms with Crippen molar-refractivity contribution in [3.8, 4) is 0 Å². The van der Waals surface area contributed by atoms with Gasteiger partial charge in [-0.3, -0.25) is 4.21 Å². The summed E-state index contributed by atoms with van der Waals surface area (Å²) >= 11 is 0. The van der Waals surface area contributed by atoms with Gasteiger partial charge in [0.25, 0.3) is 0 Å². The van der Waals surface area contributed by atoms with E-state index in [0.717, 1.165) is 19.4 Å². The van der Waals surface area contributed by atoms with Crippen molar-refractivity contribution in [1.82, 2.24) is 5.32 Å². The van der Waals surface area contributed by atoms with Gasteiger partial charge >= 0.3 is 0 Å². The van der Waals surface area contributed by atoms with Crippen LogP contribution in [0.25, 0.3) is 0 Å². The lowest BCUT2D eigenvalue weighted by atomic mass is 9.70. The number of fused-ring (bicyclic) bond motifs is 2. The summed E-state index contributed by atoms with van der Waals surface area (Å²) in [6.45, 7) is 11.7. The van der Waals surface area contributed by atoms with Crippen LogP contribution in [0.1, 0.15) is 53.9 Å². The Hall–Kier alpha value is 0.0700. The Balaban J connectivity index is 1.94. The average molecular weight is 301 g/mol. The van der Waals surface area contributed by atoms with Crippen LogP contribution in [-0.2, 0) is 10.8 Å². The van der Waals surface area contributed by atoms with E-state index in [4.69, 9.17) is 0 Å². The van der Waals surface area contributed by atoms with E-state index >= 15 is 0 Å². The van der Waals surface area contributed by atoms with Crippen molar-refractivity contribution < 1.29 is 9.32 Å². The van der Waals surface area contributed by atoms with E-state index < -0.39 is 10.8 Å². The summed E-state index contributed by atoms with van der Waals surface area (Å²) in [5.74, 6) is 1.97. The summed E-state index contributed by atoms with van der Waals surface area (Å²) in [4.78, 5) is 0. The molecular formula is C16H31NO2S. The molecule has 2 bridgehead atoms. The van der Waals surface area contributed by atoms with E-state index in [1.807, 2.05) is 0 Å². The molecule has 2 rings (SSSR count). The first-order chi connectivity index (χ1) is 9.08. The number of aliphatic hydroxyl groups excluding tert-OH is 1. The molecule has 2 saturated carbocycles. The van der Waals surface area contributed by atoms with Gasteiger partial charge < -0.3 is 10.4 Å². The van der Waals surface area contributed by atoms with Gasteiger partial charge in [0.1, 0.15) is 0 Å². The molecule has 4 atom stereocenters. The minimum absolute atomic E-state index is 0.0765. The van der Waals surface area contributed by atoms with Gasteiger partial charge in [-0.2, -0.15) is 0 Å². The van der Waals surface area contributed by atoms with Crippen molar-refractivity contribution in [3.05, 3.63) is 0 Å². The molecule has 0 aromatic rings. The lowest BCUT2D eigenvalue weighted by molar-refractivity contribution is 0.0160. The highest BCUT2D eigenvalue weighted by Crippen LogP contribution is 2.65. The summed E-state index contributed by atoms with van der Waals surface area (Å²) in [6.07, 6.45) is 2.90. The second kappa shape index (κ2) is 5.36. The van der Waals surface area contributed by atoms with Crippen LogP contribution < -0.4 is 5.32 Å². The standard InChI is InChI=1S/C16H31NO2S/c1-14(2,3)17-8-9-20(19)11-16-7-6-12(10-13(16)18)15(16,4)5/h12-13,17-18H,6-11H2,1-5H3/t12-,13-,16-,20?/m1/s1. The number of aliphatic hydroxyl groups is 1. The van der Waals surface area contributed by atoms with Crippen molar-refractivity contribution in [2.24, 2.45) is 16.7 Å². The Bertz CT molecular complexity index is 388. The lowest BCUT2D eigenvalue weighted by Gasteiger charge is -2.40. The van der Waals surface area contributed by atoms with Gasteiger partial charge in [0.05, 0.1) is 6.10 Å². The van der Waals surface area contributed by atoms with Crippen LogP contribution in [0.5, 0.6) is 0 Å². The van der Waals surface area contributed by atoms with Gasteiger partial charge in [-0.15, -0.1) is 0 Å². The smallest absolute Gasteiger partial charge is 0.0613 e. The first-order valence-electron chi connectivity index (χ1n) is 7.86. The minimum Gasteiger partial charge on any atom is -0.392 e. The van der Waals surface area contributed by atoms with Crippen LogP contribution >= 0.6 is 0 Å². The first-order valence-corrected chi connectivity index (χ1v) is 9.35. The molecule has 20 heavy (non-hydrogen) atoms.